The third-order valence-electron chi connectivity index (χ3n) is 6.21. The number of imide groups is 1. The molecule has 0 N–H and O–H groups in total. The van der Waals surface area contributed by atoms with Crippen LogP contribution in [0.1, 0.15) is 43.2 Å². The van der Waals surface area contributed by atoms with Gasteiger partial charge in [0.15, 0.2) is 0 Å². The van der Waals surface area contributed by atoms with Crippen LogP contribution in [0.15, 0.2) is 60.7 Å². The second-order valence-corrected chi connectivity index (χ2v) is 8.33. The molecule has 29 heavy (non-hydrogen) atoms. The first-order valence-electron chi connectivity index (χ1n) is 10.5. The average Bonchev–Trinajstić information content (AvgIpc) is 2.73. The Balaban J connectivity index is 1.79. The average molecular weight is 389 g/mol. The molecular weight excluding hydrogens is 360 g/mol. The number of aryl methyl sites for hydroxylation is 2. The minimum atomic E-state index is -0.286. The van der Waals surface area contributed by atoms with Crippen molar-refractivity contribution in [2.24, 2.45) is 5.92 Å². The lowest BCUT2D eigenvalue weighted by Crippen LogP contribution is -2.61. The third-order valence-corrected chi connectivity index (χ3v) is 6.21. The normalized spacial score (nSPS) is 21.0. The topological polar surface area (TPSA) is 40.6 Å². The lowest BCUT2D eigenvalue weighted by Gasteiger charge is -2.45. The number of hydrogen-bond acceptors (Lipinski definition) is 2. The summed E-state index contributed by atoms with van der Waals surface area (Å²) in [6, 6.07) is 14.9. The zero-order chi connectivity index (χ0) is 20.5. The standard InChI is InChI=1S/C25H28N2O2/c1-17-9-13-21(14-10-17)26-23(20-7-5-4-6-8-20)19(3)24(28)27(25(26)29)22-15-11-18(2)12-16-22/h9-16,20,23H,3-8H2,1-2H3. The van der Waals surface area contributed by atoms with Crippen LogP contribution in [0.25, 0.3) is 0 Å². The second-order valence-electron chi connectivity index (χ2n) is 8.33. The molecule has 2 aliphatic rings. The fourth-order valence-corrected chi connectivity index (χ4v) is 4.58. The highest BCUT2D eigenvalue weighted by atomic mass is 16.2. The van der Waals surface area contributed by atoms with Gasteiger partial charge in [0.25, 0.3) is 5.91 Å². The molecule has 1 aliphatic carbocycles. The van der Waals surface area contributed by atoms with Gasteiger partial charge in [0.2, 0.25) is 0 Å². The zero-order valence-corrected chi connectivity index (χ0v) is 17.2. The Morgan fingerprint density at radius 2 is 1.31 bits per heavy atom. The maximum Gasteiger partial charge on any atom is 0.336 e. The predicted octanol–water partition coefficient (Wildman–Crippen LogP) is 5.78. The smallest absolute Gasteiger partial charge is 0.286 e. The van der Waals surface area contributed by atoms with E-state index in [9.17, 15) is 9.59 Å². The Morgan fingerprint density at radius 1 is 0.793 bits per heavy atom. The van der Waals surface area contributed by atoms with Gasteiger partial charge < -0.3 is 0 Å². The van der Waals surface area contributed by atoms with Crippen LogP contribution in [0, 0.1) is 19.8 Å². The molecule has 4 rings (SSSR count). The SMILES string of the molecule is C=C1C(=O)N(c2ccc(C)cc2)C(=O)N(c2ccc(C)cc2)C1C1CCCCC1. The minimum Gasteiger partial charge on any atom is -0.286 e. The van der Waals surface area contributed by atoms with Crippen molar-refractivity contribution in [3.05, 3.63) is 71.8 Å². The number of nitrogens with zero attached hydrogens (tertiary/aromatic N) is 2. The Morgan fingerprint density at radius 3 is 1.86 bits per heavy atom. The van der Waals surface area contributed by atoms with E-state index in [1.165, 1.54) is 11.3 Å². The van der Waals surface area contributed by atoms with Gasteiger partial charge in [0, 0.05) is 11.3 Å². The van der Waals surface area contributed by atoms with Crippen molar-refractivity contribution in [1.82, 2.24) is 0 Å². The van der Waals surface area contributed by atoms with Crippen molar-refractivity contribution in [2.45, 2.75) is 52.0 Å². The van der Waals surface area contributed by atoms with E-state index in [0.717, 1.165) is 42.5 Å². The number of amides is 3. The Bertz CT molecular complexity index is 924. The van der Waals surface area contributed by atoms with Gasteiger partial charge in [-0.15, -0.1) is 0 Å². The summed E-state index contributed by atoms with van der Waals surface area (Å²) < 4.78 is 0. The Hall–Kier alpha value is -2.88. The molecule has 1 aliphatic heterocycles. The van der Waals surface area contributed by atoms with Crippen LogP contribution in [-0.4, -0.2) is 18.0 Å². The molecular formula is C25H28N2O2. The summed E-state index contributed by atoms with van der Waals surface area (Å²) in [7, 11) is 0. The highest BCUT2D eigenvalue weighted by Gasteiger charge is 2.46. The van der Waals surface area contributed by atoms with Crippen LogP contribution < -0.4 is 9.80 Å². The number of carbonyl (C=O) groups is 2. The van der Waals surface area contributed by atoms with Gasteiger partial charge in [0.05, 0.1) is 11.7 Å². The number of rotatable bonds is 3. The first kappa shape index (κ1) is 19.4. The third kappa shape index (κ3) is 3.59. The van der Waals surface area contributed by atoms with Crippen LogP contribution in [-0.2, 0) is 4.79 Å². The summed E-state index contributed by atoms with van der Waals surface area (Å²) in [5.74, 6) is -0.0107. The predicted molar refractivity (Wildman–Crippen MR) is 117 cm³/mol. The first-order chi connectivity index (χ1) is 14.0. The fraction of sp³-hybridized carbons (Fsp3) is 0.360. The lowest BCUT2D eigenvalue weighted by atomic mass is 9.79. The van der Waals surface area contributed by atoms with E-state index in [1.54, 1.807) is 4.90 Å². The highest BCUT2D eigenvalue weighted by Crippen LogP contribution is 2.39. The molecule has 4 heteroatoms. The molecule has 1 atom stereocenters. The molecule has 0 aromatic heterocycles. The fourth-order valence-electron chi connectivity index (χ4n) is 4.58. The summed E-state index contributed by atoms with van der Waals surface area (Å²) in [6.07, 6.45) is 5.55. The van der Waals surface area contributed by atoms with Crippen molar-refractivity contribution in [1.29, 1.82) is 0 Å². The molecule has 0 radical (unpaired) electrons. The van der Waals surface area contributed by atoms with E-state index in [4.69, 9.17) is 0 Å². The Labute approximate surface area is 172 Å². The minimum absolute atomic E-state index is 0.269. The van der Waals surface area contributed by atoms with Gasteiger partial charge in [-0.2, -0.15) is 0 Å². The number of anilines is 2. The Kier molecular flexibility index (Phi) is 5.27. The molecule has 1 unspecified atom stereocenters. The van der Waals surface area contributed by atoms with Crippen molar-refractivity contribution < 1.29 is 9.59 Å². The molecule has 1 saturated heterocycles. The van der Waals surface area contributed by atoms with Crippen LogP contribution in [0.4, 0.5) is 16.2 Å². The molecule has 150 valence electrons. The number of urea groups is 1. The van der Waals surface area contributed by atoms with Crippen molar-refractivity contribution in [2.75, 3.05) is 9.80 Å². The molecule has 2 aromatic carbocycles. The molecule has 3 amide bonds. The molecule has 4 nitrogen and oxygen atoms in total. The van der Waals surface area contributed by atoms with Gasteiger partial charge >= 0.3 is 6.03 Å². The van der Waals surface area contributed by atoms with Gasteiger partial charge in [-0.05, 0) is 56.9 Å². The van der Waals surface area contributed by atoms with Crippen molar-refractivity contribution >= 4 is 23.3 Å². The molecule has 0 bridgehead atoms. The molecule has 2 fully saturated rings. The summed E-state index contributed by atoms with van der Waals surface area (Å²) in [5, 5.41) is 0. The van der Waals surface area contributed by atoms with E-state index in [1.807, 2.05) is 62.4 Å². The number of carbonyl (C=O) groups excluding carboxylic acids is 2. The first-order valence-corrected chi connectivity index (χ1v) is 10.5. The molecule has 2 aromatic rings. The van der Waals surface area contributed by atoms with Gasteiger partial charge in [-0.3, -0.25) is 9.69 Å². The molecule has 1 heterocycles. The number of benzene rings is 2. The summed E-state index contributed by atoms with van der Waals surface area (Å²) in [6.45, 7) is 8.20. The molecule has 0 spiro atoms. The van der Waals surface area contributed by atoms with Crippen LogP contribution in [0.2, 0.25) is 0 Å². The summed E-state index contributed by atoms with van der Waals surface area (Å²) in [4.78, 5) is 30.1. The van der Waals surface area contributed by atoms with Crippen LogP contribution >= 0.6 is 0 Å². The van der Waals surface area contributed by atoms with E-state index < -0.39 is 0 Å². The maximum atomic E-state index is 13.7. The van der Waals surface area contributed by atoms with Gasteiger partial charge in [-0.25, -0.2) is 9.69 Å². The van der Waals surface area contributed by atoms with Gasteiger partial charge in [0.1, 0.15) is 0 Å². The zero-order valence-electron chi connectivity index (χ0n) is 17.2. The van der Waals surface area contributed by atoms with Crippen molar-refractivity contribution in [3.8, 4) is 0 Å². The van der Waals surface area contributed by atoms with E-state index >= 15 is 0 Å². The maximum absolute atomic E-state index is 13.7. The lowest BCUT2D eigenvalue weighted by molar-refractivity contribution is -0.115. The van der Waals surface area contributed by atoms with Gasteiger partial charge in [-0.1, -0.05) is 61.2 Å². The number of hydrogen-bond donors (Lipinski definition) is 0. The molecule has 1 saturated carbocycles. The summed E-state index contributed by atoms with van der Waals surface area (Å²) >= 11 is 0. The van der Waals surface area contributed by atoms with E-state index in [2.05, 4.69) is 6.58 Å². The largest absolute Gasteiger partial charge is 0.336 e. The summed E-state index contributed by atoms with van der Waals surface area (Å²) in [5.41, 5.74) is 4.14. The van der Waals surface area contributed by atoms with Crippen LogP contribution in [0.5, 0.6) is 0 Å². The monoisotopic (exact) mass is 388 g/mol. The van der Waals surface area contributed by atoms with E-state index in [-0.39, 0.29) is 23.9 Å². The van der Waals surface area contributed by atoms with Crippen LogP contribution in [0.3, 0.4) is 0 Å². The van der Waals surface area contributed by atoms with Crippen molar-refractivity contribution in [3.63, 3.8) is 0 Å². The van der Waals surface area contributed by atoms with E-state index in [0.29, 0.717) is 11.3 Å². The second kappa shape index (κ2) is 7.86. The quantitative estimate of drug-likeness (QED) is 0.625. The highest BCUT2D eigenvalue weighted by molar-refractivity contribution is 6.27.